The van der Waals surface area contributed by atoms with E-state index in [1.165, 1.54) is 0 Å². The first-order chi connectivity index (χ1) is 13.0. The number of aromatic nitrogens is 3. The van der Waals surface area contributed by atoms with E-state index in [0.29, 0.717) is 37.6 Å². The molecular weight excluding hydrogens is 427 g/mol. The topological polar surface area (TPSA) is 52.3 Å². The molecule has 0 atom stereocenters. The summed E-state index contributed by atoms with van der Waals surface area (Å²) in [4.78, 5) is 0. The fourth-order valence-corrected chi connectivity index (χ4v) is 3.87. The first kappa shape index (κ1) is 18.6. The van der Waals surface area contributed by atoms with Crippen LogP contribution in [0.4, 0.5) is 0 Å². The highest BCUT2D eigenvalue weighted by Gasteiger charge is 2.20. The summed E-state index contributed by atoms with van der Waals surface area (Å²) in [6, 6.07) is 11.1. The van der Waals surface area contributed by atoms with Gasteiger partial charge in [-0.3, -0.25) is 0 Å². The van der Waals surface area contributed by atoms with Crippen LogP contribution in [0.3, 0.4) is 0 Å². The second-order valence-corrected chi connectivity index (χ2v) is 8.06. The molecule has 0 N–H and O–H groups in total. The van der Waals surface area contributed by atoms with Gasteiger partial charge in [-0.25, -0.2) is 0 Å². The van der Waals surface area contributed by atoms with E-state index >= 15 is 0 Å². The van der Waals surface area contributed by atoms with Crippen LogP contribution in [0.25, 0.3) is 0 Å². The number of fused-ring (bicyclic) bond motifs is 1. The van der Waals surface area contributed by atoms with E-state index in [-0.39, 0.29) is 6.61 Å². The Morgan fingerprint density at radius 3 is 2.67 bits per heavy atom. The molecule has 0 fully saturated rings. The maximum Gasteiger partial charge on any atom is 0.212 e. The van der Waals surface area contributed by atoms with E-state index in [9.17, 15) is 0 Å². The van der Waals surface area contributed by atoms with Crippen LogP contribution in [-0.4, -0.2) is 26.3 Å². The Morgan fingerprint density at radius 2 is 1.85 bits per heavy atom. The van der Waals surface area contributed by atoms with Crippen LogP contribution >= 0.6 is 46.6 Å². The van der Waals surface area contributed by atoms with Gasteiger partial charge < -0.3 is 4.74 Å². The zero-order valence-corrected chi connectivity index (χ0v) is 17.2. The second-order valence-electron chi connectivity index (χ2n) is 5.90. The second kappa shape index (κ2) is 7.72. The van der Waals surface area contributed by atoms with E-state index in [1.807, 2.05) is 31.2 Å². The molecule has 2 heterocycles. The molecule has 9 heteroatoms. The summed E-state index contributed by atoms with van der Waals surface area (Å²) in [5.41, 5.74) is 2.83. The third-order valence-electron chi connectivity index (χ3n) is 3.93. The number of aryl methyl sites for hydroxylation is 1. The predicted molar refractivity (Wildman–Crippen MR) is 110 cm³/mol. The summed E-state index contributed by atoms with van der Waals surface area (Å²) in [6.45, 7) is 2.18. The Balaban J connectivity index is 1.60. The average Bonchev–Trinajstić information content (AvgIpc) is 3.07. The van der Waals surface area contributed by atoms with Crippen molar-refractivity contribution in [2.24, 2.45) is 5.10 Å². The Morgan fingerprint density at radius 1 is 1.04 bits per heavy atom. The van der Waals surface area contributed by atoms with Crippen LogP contribution in [0, 0.1) is 6.92 Å². The van der Waals surface area contributed by atoms with E-state index in [2.05, 4.69) is 15.3 Å². The van der Waals surface area contributed by atoms with Gasteiger partial charge >= 0.3 is 0 Å². The third-order valence-corrected chi connectivity index (χ3v) is 5.91. The Hall–Kier alpha value is -1.73. The highest BCUT2D eigenvalue weighted by molar-refractivity contribution is 7.99. The normalized spacial score (nSPS) is 13.3. The molecule has 1 aliphatic rings. The van der Waals surface area contributed by atoms with E-state index < -0.39 is 0 Å². The Labute approximate surface area is 175 Å². The van der Waals surface area contributed by atoms with Crippen molar-refractivity contribution < 1.29 is 4.74 Å². The number of benzene rings is 2. The predicted octanol–water partition coefficient (Wildman–Crippen LogP) is 5.48. The minimum atomic E-state index is 0.203. The van der Waals surface area contributed by atoms with Gasteiger partial charge in [0.1, 0.15) is 12.4 Å². The molecule has 0 amide bonds. The van der Waals surface area contributed by atoms with Crippen LogP contribution in [0.2, 0.25) is 15.1 Å². The molecule has 0 unspecified atom stereocenters. The molecule has 0 saturated heterocycles. The molecule has 0 spiro atoms. The number of rotatable bonds is 4. The lowest BCUT2D eigenvalue weighted by molar-refractivity contribution is 0.290. The van der Waals surface area contributed by atoms with Gasteiger partial charge in [0.25, 0.3) is 0 Å². The van der Waals surface area contributed by atoms with Crippen LogP contribution in [0.15, 0.2) is 46.7 Å². The van der Waals surface area contributed by atoms with Crippen molar-refractivity contribution in [2.75, 3.05) is 5.75 Å². The first-order valence-electron chi connectivity index (χ1n) is 8.00. The fraction of sp³-hybridized carbons (Fsp3) is 0.167. The summed E-state index contributed by atoms with van der Waals surface area (Å²) in [7, 11) is 0. The zero-order valence-electron chi connectivity index (χ0n) is 14.1. The summed E-state index contributed by atoms with van der Waals surface area (Å²) in [5, 5.41) is 15.3. The number of hydrogen-bond acceptors (Lipinski definition) is 5. The molecule has 3 aromatic rings. The number of ether oxygens (including phenoxy) is 1. The Bertz CT molecular complexity index is 1050. The molecule has 0 radical (unpaired) electrons. The number of thioether (sulfide) groups is 1. The van der Waals surface area contributed by atoms with E-state index in [4.69, 9.17) is 39.5 Å². The first-order valence-corrected chi connectivity index (χ1v) is 10.1. The lowest BCUT2D eigenvalue weighted by atomic mass is 10.1. The van der Waals surface area contributed by atoms with Gasteiger partial charge in [0.15, 0.2) is 5.82 Å². The smallest absolute Gasteiger partial charge is 0.212 e. The standard InChI is InChI=1S/C18H13Cl3N4OS/c1-10-2-4-13(20)16(6-10)26-8-17-22-23-18-25(17)24-15(9-27-18)11-3-5-12(19)14(21)7-11/h2-7H,8-9H2,1H3. The van der Waals surface area contributed by atoms with E-state index in [0.717, 1.165) is 16.8 Å². The lowest BCUT2D eigenvalue weighted by Gasteiger charge is -2.15. The van der Waals surface area contributed by atoms with E-state index in [1.54, 1.807) is 28.6 Å². The molecule has 1 aromatic heterocycles. The Kier molecular flexibility index (Phi) is 5.32. The van der Waals surface area contributed by atoms with Crippen molar-refractivity contribution in [3.05, 3.63) is 68.4 Å². The van der Waals surface area contributed by atoms with Crippen molar-refractivity contribution in [1.29, 1.82) is 0 Å². The quantitative estimate of drug-likeness (QED) is 0.540. The largest absolute Gasteiger partial charge is 0.484 e. The molecule has 1 aliphatic heterocycles. The molecule has 0 bridgehead atoms. The van der Waals surface area contributed by atoms with Crippen molar-refractivity contribution in [3.63, 3.8) is 0 Å². The molecule has 0 saturated carbocycles. The molecule has 27 heavy (non-hydrogen) atoms. The maximum atomic E-state index is 6.19. The maximum absolute atomic E-state index is 6.19. The van der Waals surface area contributed by atoms with Crippen LogP contribution in [0.5, 0.6) is 5.75 Å². The number of nitrogens with zero attached hydrogens (tertiary/aromatic N) is 4. The molecular formula is C18H13Cl3N4OS. The third kappa shape index (κ3) is 3.94. The van der Waals surface area contributed by atoms with Crippen molar-refractivity contribution in [3.8, 4) is 5.75 Å². The number of halogens is 3. The SMILES string of the molecule is Cc1ccc(Cl)c(OCc2nnc3n2N=C(c2ccc(Cl)c(Cl)c2)CS3)c1. The van der Waals surface area contributed by atoms with Gasteiger partial charge in [-0.2, -0.15) is 9.78 Å². The lowest BCUT2D eigenvalue weighted by Crippen LogP contribution is -2.15. The highest BCUT2D eigenvalue weighted by Crippen LogP contribution is 2.29. The van der Waals surface area contributed by atoms with Crippen molar-refractivity contribution in [2.45, 2.75) is 18.7 Å². The van der Waals surface area contributed by atoms with Gasteiger partial charge in [-0.15, -0.1) is 10.2 Å². The van der Waals surface area contributed by atoms with Crippen molar-refractivity contribution in [1.82, 2.24) is 14.9 Å². The molecule has 4 rings (SSSR count). The van der Waals surface area contributed by atoms with Gasteiger partial charge in [-0.05, 0) is 36.8 Å². The molecule has 5 nitrogen and oxygen atoms in total. The summed E-state index contributed by atoms with van der Waals surface area (Å²) < 4.78 is 7.52. The minimum Gasteiger partial charge on any atom is -0.484 e. The summed E-state index contributed by atoms with van der Waals surface area (Å²) in [5.74, 6) is 1.86. The highest BCUT2D eigenvalue weighted by atomic mass is 35.5. The molecule has 2 aromatic carbocycles. The van der Waals surface area contributed by atoms with Crippen LogP contribution in [-0.2, 0) is 6.61 Å². The molecule has 138 valence electrons. The van der Waals surface area contributed by atoms with Gasteiger partial charge in [0.2, 0.25) is 5.16 Å². The zero-order chi connectivity index (χ0) is 19.0. The minimum absolute atomic E-state index is 0.203. The van der Waals surface area contributed by atoms with Gasteiger partial charge in [0.05, 0.1) is 20.8 Å². The van der Waals surface area contributed by atoms with Gasteiger partial charge in [-0.1, -0.05) is 58.7 Å². The molecule has 0 aliphatic carbocycles. The monoisotopic (exact) mass is 438 g/mol. The van der Waals surface area contributed by atoms with Crippen molar-refractivity contribution >= 4 is 52.3 Å². The van der Waals surface area contributed by atoms with Gasteiger partial charge in [0, 0.05) is 11.3 Å². The average molecular weight is 440 g/mol. The van der Waals surface area contributed by atoms with Crippen LogP contribution < -0.4 is 4.74 Å². The fourth-order valence-electron chi connectivity index (χ4n) is 2.54. The van der Waals surface area contributed by atoms with Crippen LogP contribution in [0.1, 0.15) is 17.0 Å². The number of hydrogen-bond donors (Lipinski definition) is 0. The summed E-state index contributed by atoms with van der Waals surface area (Å²) in [6.07, 6.45) is 0. The summed E-state index contributed by atoms with van der Waals surface area (Å²) >= 11 is 19.9.